The first kappa shape index (κ1) is 50.8. The van der Waals surface area contributed by atoms with E-state index in [1.54, 1.807) is 50.2 Å². The molecule has 4 atom stereocenters. The third-order valence-electron chi connectivity index (χ3n) is 11.4. The Morgan fingerprint density at radius 2 is 1.48 bits per heavy atom. The molecule has 0 spiro atoms. The van der Waals surface area contributed by atoms with Gasteiger partial charge in [-0.25, -0.2) is 9.97 Å². The molecule has 4 bridgehead atoms. The zero-order valence-corrected chi connectivity index (χ0v) is 39.1. The minimum absolute atomic E-state index is 0.000371. The highest BCUT2D eigenvalue weighted by Crippen LogP contribution is 2.40. The summed E-state index contributed by atoms with van der Waals surface area (Å²) >= 11 is 0. The first-order valence-corrected chi connectivity index (χ1v) is 22.1. The number of nitrogens with zero attached hydrogens (tertiary/aromatic N) is 4. The van der Waals surface area contributed by atoms with E-state index in [2.05, 4.69) is 52.0 Å². The molecule has 1 aliphatic heterocycles. The van der Waals surface area contributed by atoms with Crippen LogP contribution in [0.3, 0.4) is 0 Å². The summed E-state index contributed by atoms with van der Waals surface area (Å²) in [5.74, 6) is -2.15. The van der Waals surface area contributed by atoms with Crippen LogP contribution in [0.2, 0.25) is 0 Å². The maximum Gasteiger partial charge on any atom is 0.255 e. The van der Waals surface area contributed by atoms with Gasteiger partial charge in [0.15, 0.2) is 5.82 Å². The monoisotopic (exact) mass is 915 g/mol. The molecule has 1 aliphatic rings. The fourth-order valence-electron chi connectivity index (χ4n) is 7.69. The minimum Gasteiger partial charge on any atom is -0.492 e. The molecule has 1 aromatic heterocycles. The Balaban J connectivity index is 1.56. The van der Waals surface area contributed by atoms with Crippen molar-refractivity contribution in [2.75, 3.05) is 46.4 Å². The molecule has 0 fully saturated rings. The van der Waals surface area contributed by atoms with Crippen LogP contribution >= 0.6 is 0 Å². The lowest BCUT2D eigenvalue weighted by molar-refractivity contribution is -0.141. The van der Waals surface area contributed by atoms with Crippen molar-refractivity contribution in [3.8, 4) is 40.1 Å². The number of nitrogens with one attached hydrogen (secondary N) is 4. The van der Waals surface area contributed by atoms with Crippen LogP contribution in [0.15, 0.2) is 66.2 Å². The lowest BCUT2D eigenvalue weighted by Crippen LogP contribution is -2.56. The number of allylic oxidation sites excluding steroid dienone is 2. The normalized spacial score (nSPS) is 16.2. The summed E-state index contributed by atoms with van der Waals surface area (Å²) in [5, 5.41) is 19.9. The summed E-state index contributed by atoms with van der Waals surface area (Å²) < 4.78 is 12.2. The number of fused-ring (bicyclic) bond motifs is 5. The summed E-state index contributed by atoms with van der Waals surface area (Å²) in [6.45, 7) is 11.4. The Kier molecular flexibility index (Phi) is 17.7. The van der Waals surface area contributed by atoms with Crippen molar-refractivity contribution in [2.24, 2.45) is 17.2 Å². The van der Waals surface area contributed by atoms with E-state index >= 15 is 0 Å². The molecule has 0 unspecified atom stereocenters. The number of hydrogen-bond donors (Lipinski definition) is 7. The Morgan fingerprint density at radius 3 is 2.06 bits per heavy atom. The summed E-state index contributed by atoms with van der Waals surface area (Å²) in [6, 6.07) is 14.9. The molecule has 5 amide bonds. The molecule has 4 aromatic rings. The fourth-order valence-corrected chi connectivity index (χ4v) is 7.69. The first-order chi connectivity index (χ1) is 32.0. The van der Waals surface area contributed by atoms with Gasteiger partial charge in [0.1, 0.15) is 55.4 Å². The van der Waals surface area contributed by atoms with Gasteiger partial charge in [-0.1, -0.05) is 42.0 Å². The van der Waals surface area contributed by atoms with E-state index in [0.717, 1.165) is 11.1 Å². The molecular weight excluding hydrogens is 855 g/mol. The van der Waals surface area contributed by atoms with Gasteiger partial charge in [0.2, 0.25) is 23.6 Å². The molecule has 2 heterocycles. The van der Waals surface area contributed by atoms with Gasteiger partial charge in [0.05, 0.1) is 23.0 Å². The van der Waals surface area contributed by atoms with Crippen LogP contribution in [-0.4, -0.2) is 109 Å². The topological polar surface area (TPSA) is 283 Å². The van der Waals surface area contributed by atoms with Crippen molar-refractivity contribution in [3.63, 3.8) is 0 Å². The summed E-state index contributed by atoms with van der Waals surface area (Å²) in [7, 11) is 1.42. The molecule has 0 aliphatic carbocycles. The van der Waals surface area contributed by atoms with Gasteiger partial charge < -0.3 is 52.8 Å². The van der Waals surface area contributed by atoms with Gasteiger partial charge >= 0.3 is 0 Å². The summed E-state index contributed by atoms with van der Waals surface area (Å²) in [6.07, 6.45) is -0.00206. The predicted octanol–water partition coefficient (Wildman–Crippen LogP) is 2.75. The zero-order valence-electron chi connectivity index (χ0n) is 39.1. The van der Waals surface area contributed by atoms with E-state index in [4.69, 9.17) is 26.7 Å². The number of amides is 5. The molecule has 0 radical (unpaired) electrons. The summed E-state index contributed by atoms with van der Waals surface area (Å²) in [5.41, 5.74) is 24.8. The Labute approximate surface area is 391 Å². The molecule has 0 saturated heterocycles. The number of benzene rings is 3. The number of likely N-dealkylation sites (N-methyl/N-ethyl adjacent to an activating group) is 1. The Hall–Kier alpha value is -7.20. The largest absolute Gasteiger partial charge is 0.492 e. The van der Waals surface area contributed by atoms with E-state index in [-0.39, 0.29) is 57.8 Å². The van der Waals surface area contributed by atoms with Crippen molar-refractivity contribution in [2.45, 2.75) is 78.6 Å². The lowest BCUT2D eigenvalue weighted by Gasteiger charge is -2.32. The predicted molar refractivity (Wildman–Crippen MR) is 254 cm³/mol. The number of aromatic nitrogens is 2. The minimum atomic E-state index is -1.41. The third-order valence-corrected chi connectivity index (χ3v) is 11.4. The van der Waals surface area contributed by atoms with Gasteiger partial charge in [-0.05, 0) is 101 Å². The summed E-state index contributed by atoms with van der Waals surface area (Å²) in [4.78, 5) is 81.1. The quantitative estimate of drug-likeness (QED) is 0.0798. The molecule has 3 aromatic carbocycles. The van der Waals surface area contributed by atoms with Crippen LogP contribution < -0.4 is 47.9 Å². The highest BCUT2D eigenvalue weighted by atomic mass is 16.5. The van der Waals surface area contributed by atoms with Crippen molar-refractivity contribution >= 4 is 35.1 Å². The van der Waals surface area contributed by atoms with Crippen LogP contribution in [0.1, 0.15) is 78.6 Å². The van der Waals surface area contributed by atoms with Crippen molar-refractivity contribution in [1.82, 2.24) is 36.1 Å². The van der Waals surface area contributed by atoms with E-state index in [1.165, 1.54) is 30.0 Å². The zero-order chi connectivity index (χ0) is 48.9. The van der Waals surface area contributed by atoms with Gasteiger partial charge in [0.25, 0.3) is 5.91 Å². The average Bonchev–Trinajstić information content (AvgIpc) is 3.30. The number of carbonyl (C=O) groups is 5. The van der Waals surface area contributed by atoms with E-state index in [0.29, 0.717) is 51.0 Å². The van der Waals surface area contributed by atoms with Crippen LogP contribution in [0.5, 0.6) is 11.5 Å². The van der Waals surface area contributed by atoms with Gasteiger partial charge in [0, 0.05) is 43.2 Å². The van der Waals surface area contributed by atoms with Crippen LogP contribution in [0.4, 0.5) is 0 Å². The Bertz CT molecular complexity index is 2530. The highest BCUT2D eigenvalue weighted by molar-refractivity contribution is 6.00. The number of carbonyl (C=O) groups excluding carboxylic acids is 5. The second-order valence-corrected chi connectivity index (χ2v) is 16.5. The standard InChI is InChI=1S/C49H61N11O7/c1-27(2)28(3)33-9-11-34(12-10-33)44-55-29(4)42(30(5)56-44)47(63)58-38(16-17-50)49(65)60(7)43-35-13-15-41(67-23-20-53)37(26-35)36-24-32(8-14-40(36)66-22-19-52)25-39(46(62)54-21-18-51)59-45(61)31(6)57-48(43)64/h8-15,24,26,31,38-39,43H,16-17,19-23,25,50,52-53H2,1-7H3,(H,54,62)(H,57,64)(H,58,63)(H,59,61)/t31-,38-,39-,43-/m0/s1. The second kappa shape index (κ2) is 23.3. The average molecular weight is 916 g/mol. The van der Waals surface area contributed by atoms with Gasteiger partial charge in [-0.15, -0.1) is 0 Å². The third kappa shape index (κ3) is 12.4. The number of aryl methyl sites for hydroxylation is 2. The van der Waals surface area contributed by atoms with Crippen molar-refractivity contribution < 1.29 is 33.4 Å². The maximum atomic E-state index is 14.7. The number of rotatable bonds is 16. The van der Waals surface area contributed by atoms with Crippen LogP contribution in [0.25, 0.3) is 28.1 Å². The molecule has 354 valence electrons. The van der Waals surface area contributed by atoms with E-state index in [9.17, 15) is 29.2 Å². The molecule has 10 N–H and O–H groups in total. The molecule has 18 heteroatoms. The number of nitriles is 1. The van der Waals surface area contributed by atoms with Crippen molar-refractivity contribution in [1.29, 1.82) is 5.26 Å². The SMILES string of the molecule is CC(C)=C(C)c1ccc(-c2nc(C)c(C(=O)N[C@@H](CCN)C(=O)N(C)[C@@H]3C(=O)N[C@@H](C)C(=O)N[C@H](C(=O)NCC#N)Cc4ccc(OCCN)c(c4)-c4cc3ccc4OCCN)c(C)n2)cc1. The maximum absolute atomic E-state index is 14.7. The smallest absolute Gasteiger partial charge is 0.255 e. The Morgan fingerprint density at radius 1 is 0.866 bits per heavy atom. The highest BCUT2D eigenvalue weighted by Gasteiger charge is 2.36. The molecule has 0 saturated carbocycles. The molecule has 67 heavy (non-hydrogen) atoms. The van der Waals surface area contributed by atoms with Gasteiger partial charge in [-0.2, -0.15) is 5.26 Å². The van der Waals surface area contributed by atoms with Gasteiger partial charge in [-0.3, -0.25) is 24.0 Å². The fraction of sp³-hybridized carbons (Fsp3) is 0.388. The van der Waals surface area contributed by atoms with E-state index < -0.39 is 53.7 Å². The second-order valence-electron chi connectivity index (χ2n) is 16.5. The van der Waals surface area contributed by atoms with Crippen LogP contribution in [0, 0.1) is 25.2 Å². The number of hydrogen-bond acceptors (Lipinski definition) is 13. The molecule has 5 rings (SSSR count). The van der Waals surface area contributed by atoms with E-state index in [1.807, 2.05) is 30.3 Å². The number of ether oxygens (including phenoxy) is 2. The molecular formula is C49H61N11O7. The van der Waals surface area contributed by atoms with Crippen molar-refractivity contribution in [3.05, 3.63) is 99.9 Å². The lowest BCUT2D eigenvalue weighted by atomic mass is 9.93. The number of nitrogens with two attached hydrogens (primary N) is 3. The molecule has 18 nitrogen and oxygen atoms in total. The first-order valence-electron chi connectivity index (χ1n) is 22.1. The van der Waals surface area contributed by atoms with Crippen LogP contribution in [-0.2, 0) is 25.6 Å².